The van der Waals surface area contributed by atoms with E-state index in [4.69, 9.17) is 0 Å². The summed E-state index contributed by atoms with van der Waals surface area (Å²) in [6.07, 6.45) is 0. The largest absolute Gasteiger partial charge is 0.0622 e. The van der Waals surface area contributed by atoms with Crippen LogP contribution < -0.4 is 0 Å². The van der Waals surface area contributed by atoms with Crippen LogP contribution in [0.3, 0.4) is 0 Å². The van der Waals surface area contributed by atoms with Gasteiger partial charge in [0.05, 0.1) is 0 Å². The van der Waals surface area contributed by atoms with Crippen molar-refractivity contribution in [3.63, 3.8) is 0 Å². The third-order valence-electron chi connectivity index (χ3n) is 9.45. The van der Waals surface area contributed by atoms with Gasteiger partial charge in [-0.3, -0.25) is 0 Å². The van der Waals surface area contributed by atoms with Crippen LogP contribution in [0.25, 0.3) is 87.6 Å². The van der Waals surface area contributed by atoms with Gasteiger partial charge in [-0.05, 0) is 99.7 Å². The standard InChI is InChI=1S/C46H30/c1-3-12-34(13-4-1)45-41-17-9-10-18-42(41)46(35-14-5-2-6-15-35)44-30-37(26-28-43(44)45)32-21-19-31(20-22-32)36-25-27-40-38(29-36)24-23-33-11-7-8-16-39(33)40/h1-30H. The van der Waals surface area contributed by atoms with E-state index in [9.17, 15) is 0 Å². The Bertz CT molecular complexity index is 2540. The number of hydrogen-bond donors (Lipinski definition) is 0. The third kappa shape index (κ3) is 4.38. The van der Waals surface area contributed by atoms with Gasteiger partial charge in [0.15, 0.2) is 0 Å². The molecule has 9 aromatic carbocycles. The predicted molar refractivity (Wildman–Crippen MR) is 198 cm³/mol. The van der Waals surface area contributed by atoms with Crippen molar-refractivity contribution in [3.8, 4) is 44.5 Å². The van der Waals surface area contributed by atoms with E-state index >= 15 is 0 Å². The molecule has 9 rings (SSSR count). The first-order valence-corrected chi connectivity index (χ1v) is 15.9. The van der Waals surface area contributed by atoms with Crippen LogP contribution in [-0.4, -0.2) is 0 Å². The fourth-order valence-electron chi connectivity index (χ4n) is 7.24. The average molecular weight is 583 g/mol. The first-order valence-electron chi connectivity index (χ1n) is 15.9. The van der Waals surface area contributed by atoms with Crippen molar-refractivity contribution >= 4 is 43.1 Å². The second-order valence-corrected chi connectivity index (χ2v) is 12.1. The number of rotatable bonds is 4. The summed E-state index contributed by atoms with van der Waals surface area (Å²) in [5.74, 6) is 0. The molecule has 0 aliphatic heterocycles. The van der Waals surface area contributed by atoms with Gasteiger partial charge in [-0.25, -0.2) is 0 Å². The molecule has 0 spiro atoms. The molecule has 46 heavy (non-hydrogen) atoms. The lowest BCUT2D eigenvalue weighted by Gasteiger charge is -2.18. The molecule has 0 aliphatic rings. The van der Waals surface area contributed by atoms with E-state index in [1.807, 2.05) is 0 Å². The molecule has 0 N–H and O–H groups in total. The van der Waals surface area contributed by atoms with E-state index in [1.165, 1.54) is 87.6 Å². The lowest BCUT2D eigenvalue weighted by Crippen LogP contribution is -1.91. The highest BCUT2D eigenvalue weighted by Crippen LogP contribution is 2.44. The average Bonchev–Trinajstić information content (AvgIpc) is 3.14. The lowest BCUT2D eigenvalue weighted by atomic mass is 9.85. The van der Waals surface area contributed by atoms with Gasteiger partial charge < -0.3 is 0 Å². The van der Waals surface area contributed by atoms with Crippen molar-refractivity contribution in [1.82, 2.24) is 0 Å². The first-order chi connectivity index (χ1) is 22.8. The minimum atomic E-state index is 1.21. The molecule has 0 heterocycles. The maximum Gasteiger partial charge on any atom is -0.00262 e. The Kier molecular flexibility index (Phi) is 6.25. The summed E-state index contributed by atoms with van der Waals surface area (Å²) in [6.45, 7) is 0. The highest BCUT2D eigenvalue weighted by Gasteiger charge is 2.17. The van der Waals surface area contributed by atoms with E-state index in [0.29, 0.717) is 0 Å². The fraction of sp³-hybridized carbons (Fsp3) is 0. The number of fused-ring (bicyclic) bond motifs is 5. The maximum absolute atomic E-state index is 2.40. The number of hydrogen-bond acceptors (Lipinski definition) is 0. The van der Waals surface area contributed by atoms with Crippen LogP contribution in [0.1, 0.15) is 0 Å². The summed E-state index contributed by atoms with van der Waals surface area (Å²) >= 11 is 0. The van der Waals surface area contributed by atoms with Gasteiger partial charge >= 0.3 is 0 Å². The normalized spacial score (nSPS) is 11.5. The second-order valence-electron chi connectivity index (χ2n) is 12.1. The molecule has 0 amide bonds. The molecule has 0 saturated carbocycles. The molecule has 0 aromatic heterocycles. The predicted octanol–water partition coefficient (Wildman–Crippen LogP) is 13.0. The molecule has 0 atom stereocenters. The molecule has 0 fully saturated rings. The van der Waals surface area contributed by atoms with E-state index < -0.39 is 0 Å². The van der Waals surface area contributed by atoms with Crippen LogP contribution in [0, 0.1) is 0 Å². The Morgan fingerprint density at radius 2 is 0.609 bits per heavy atom. The Hall–Kier alpha value is -5.98. The highest BCUT2D eigenvalue weighted by atomic mass is 14.2. The monoisotopic (exact) mass is 582 g/mol. The molecule has 9 aromatic rings. The molecule has 0 nitrogen and oxygen atoms in total. The van der Waals surface area contributed by atoms with Gasteiger partial charge in [0.1, 0.15) is 0 Å². The molecule has 214 valence electrons. The van der Waals surface area contributed by atoms with Crippen molar-refractivity contribution in [2.45, 2.75) is 0 Å². The summed E-state index contributed by atoms with van der Waals surface area (Å²) in [4.78, 5) is 0. The first kappa shape index (κ1) is 26.4. The zero-order chi connectivity index (χ0) is 30.5. The number of benzene rings is 9. The summed E-state index contributed by atoms with van der Waals surface area (Å²) in [7, 11) is 0. The van der Waals surface area contributed by atoms with Crippen LogP contribution in [0.4, 0.5) is 0 Å². The van der Waals surface area contributed by atoms with Gasteiger partial charge in [0.2, 0.25) is 0 Å². The quantitative estimate of drug-likeness (QED) is 0.143. The SMILES string of the molecule is c1ccc(-c2c3ccccc3c(-c3ccccc3)c3cc(-c4ccc(-c5ccc6c(ccc7ccccc76)c5)cc4)ccc23)cc1. The summed E-state index contributed by atoms with van der Waals surface area (Å²) in [5, 5.41) is 10.2. The molecular formula is C46H30. The molecule has 0 unspecified atom stereocenters. The van der Waals surface area contributed by atoms with E-state index in [-0.39, 0.29) is 0 Å². The molecule has 0 saturated heterocycles. The van der Waals surface area contributed by atoms with Crippen LogP contribution in [0.5, 0.6) is 0 Å². The molecular weight excluding hydrogens is 553 g/mol. The maximum atomic E-state index is 2.40. The van der Waals surface area contributed by atoms with Crippen molar-refractivity contribution < 1.29 is 0 Å². The summed E-state index contributed by atoms with van der Waals surface area (Å²) in [6, 6.07) is 66.5. The zero-order valence-electron chi connectivity index (χ0n) is 25.3. The van der Waals surface area contributed by atoms with Crippen molar-refractivity contribution in [2.75, 3.05) is 0 Å². The van der Waals surface area contributed by atoms with Gasteiger partial charge in [-0.1, -0.05) is 170 Å². The van der Waals surface area contributed by atoms with Crippen LogP contribution >= 0.6 is 0 Å². The highest BCUT2D eigenvalue weighted by molar-refractivity contribution is 6.22. The zero-order valence-corrected chi connectivity index (χ0v) is 25.3. The molecule has 0 aliphatic carbocycles. The van der Waals surface area contributed by atoms with Crippen LogP contribution in [0.2, 0.25) is 0 Å². The van der Waals surface area contributed by atoms with Crippen molar-refractivity contribution in [1.29, 1.82) is 0 Å². The van der Waals surface area contributed by atoms with Crippen LogP contribution in [-0.2, 0) is 0 Å². The van der Waals surface area contributed by atoms with E-state index in [1.54, 1.807) is 0 Å². The van der Waals surface area contributed by atoms with Crippen molar-refractivity contribution in [2.24, 2.45) is 0 Å². The Labute approximate surface area is 268 Å². The third-order valence-corrected chi connectivity index (χ3v) is 9.45. The van der Waals surface area contributed by atoms with Crippen LogP contribution in [0.15, 0.2) is 182 Å². The second kappa shape index (κ2) is 10.9. The molecule has 0 radical (unpaired) electrons. The molecule has 0 heteroatoms. The van der Waals surface area contributed by atoms with E-state index in [0.717, 1.165) is 0 Å². The topological polar surface area (TPSA) is 0 Å². The fourth-order valence-corrected chi connectivity index (χ4v) is 7.24. The van der Waals surface area contributed by atoms with Gasteiger partial charge in [-0.15, -0.1) is 0 Å². The minimum absolute atomic E-state index is 1.21. The van der Waals surface area contributed by atoms with Crippen molar-refractivity contribution in [3.05, 3.63) is 182 Å². The minimum Gasteiger partial charge on any atom is -0.0622 e. The summed E-state index contributed by atoms with van der Waals surface area (Å²) in [5.41, 5.74) is 9.94. The van der Waals surface area contributed by atoms with Gasteiger partial charge in [0, 0.05) is 0 Å². The summed E-state index contributed by atoms with van der Waals surface area (Å²) < 4.78 is 0. The molecule has 0 bridgehead atoms. The Morgan fingerprint density at radius 3 is 1.24 bits per heavy atom. The Morgan fingerprint density at radius 1 is 0.196 bits per heavy atom. The smallest absolute Gasteiger partial charge is 0.00262 e. The van der Waals surface area contributed by atoms with Gasteiger partial charge in [0.25, 0.3) is 0 Å². The van der Waals surface area contributed by atoms with E-state index in [2.05, 4.69) is 182 Å². The van der Waals surface area contributed by atoms with Gasteiger partial charge in [-0.2, -0.15) is 0 Å². The Balaban J connectivity index is 1.20. The lowest BCUT2D eigenvalue weighted by molar-refractivity contribution is 1.61.